The van der Waals surface area contributed by atoms with E-state index in [4.69, 9.17) is 4.74 Å². The highest BCUT2D eigenvalue weighted by Gasteiger charge is 2.31. The summed E-state index contributed by atoms with van der Waals surface area (Å²) in [6, 6.07) is 3.23. The second-order valence-corrected chi connectivity index (χ2v) is 9.16. The van der Waals surface area contributed by atoms with Crippen LogP contribution in [0.2, 0.25) is 0 Å². The van der Waals surface area contributed by atoms with Crippen molar-refractivity contribution < 1.29 is 13.9 Å². The van der Waals surface area contributed by atoms with Crippen LogP contribution in [0.1, 0.15) is 46.5 Å². The number of ether oxygens (including phenoxy) is 1. The van der Waals surface area contributed by atoms with Gasteiger partial charge in [0.1, 0.15) is 5.60 Å². The Hall–Kier alpha value is -1.85. The summed E-state index contributed by atoms with van der Waals surface area (Å²) in [7, 11) is 1.73. The largest absolute Gasteiger partial charge is 0.444 e. The maximum atomic E-state index is 14.0. The summed E-state index contributed by atoms with van der Waals surface area (Å²) in [5.74, 6) is 0.776. The molecule has 8 nitrogen and oxygen atoms in total. The Kier molecular flexibility index (Phi) is 9.78. The topological polar surface area (TPSA) is 82.1 Å². The number of nitrogens with one attached hydrogen (secondary N) is 2. The number of nitrogens with zero attached hydrogens (tertiary/aromatic N) is 4. The molecule has 10 heteroatoms. The zero-order chi connectivity index (χ0) is 22.4. The fraction of sp³-hybridized carbons (Fsp3) is 0.682. The molecule has 0 radical (unpaired) electrons. The lowest BCUT2D eigenvalue weighted by atomic mass is 10.0. The molecule has 2 aliphatic rings. The molecule has 2 fully saturated rings. The average molecular weight is 562 g/mol. The summed E-state index contributed by atoms with van der Waals surface area (Å²) < 4.78 is 19.6. The first-order chi connectivity index (χ1) is 14.8. The van der Waals surface area contributed by atoms with Crippen LogP contribution in [0.25, 0.3) is 0 Å². The highest BCUT2D eigenvalue weighted by atomic mass is 127. The van der Waals surface area contributed by atoms with Gasteiger partial charge in [-0.2, -0.15) is 0 Å². The predicted molar refractivity (Wildman–Crippen MR) is 135 cm³/mol. The Morgan fingerprint density at radius 3 is 2.78 bits per heavy atom. The molecular formula is C22H36FIN6O2. The number of anilines is 1. The van der Waals surface area contributed by atoms with Gasteiger partial charge in [-0.25, -0.2) is 14.2 Å². The van der Waals surface area contributed by atoms with Crippen molar-refractivity contribution in [1.82, 2.24) is 20.5 Å². The van der Waals surface area contributed by atoms with E-state index >= 15 is 0 Å². The van der Waals surface area contributed by atoms with Crippen molar-refractivity contribution in [3.63, 3.8) is 0 Å². The number of hydrogen-bond donors (Lipinski definition) is 2. The molecule has 2 unspecified atom stereocenters. The van der Waals surface area contributed by atoms with E-state index in [-0.39, 0.29) is 48.0 Å². The van der Waals surface area contributed by atoms with Crippen molar-refractivity contribution in [3.8, 4) is 0 Å². The number of carbonyl (C=O) groups is 1. The van der Waals surface area contributed by atoms with E-state index in [1.165, 1.54) is 6.07 Å². The normalized spacial score (nSPS) is 21.7. The van der Waals surface area contributed by atoms with E-state index in [1.54, 1.807) is 19.3 Å². The van der Waals surface area contributed by atoms with Crippen molar-refractivity contribution in [3.05, 3.63) is 24.1 Å². The average Bonchev–Trinajstić information content (AvgIpc) is 3.18. The fourth-order valence-corrected chi connectivity index (χ4v) is 4.06. The minimum Gasteiger partial charge on any atom is -0.444 e. The number of likely N-dealkylation sites (tertiary alicyclic amines) is 1. The molecule has 0 aromatic carbocycles. The molecule has 0 spiro atoms. The summed E-state index contributed by atoms with van der Waals surface area (Å²) in [5.41, 5.74) is -0.508. The molecule has 3 rings (SSSR count). The highest BCUT2D eigenvalue weighted by Crippen LogP contribution is 2.22. The summed E-state index contributed by atoms with van der Waals surface area (Å²) in [4.78, 5) is 24.9. The molecule has 0 bridgehead atoms. The quantitative estimate of drug-likeness (QED) is 0.333. The van der Waals surface area contributed by atoms with Crippen LogP contribution in [0.5, 0.6) is 0 Å². The zero-order valence-electron chi connectivity index (χ0n) is 19.4. The van der Waals surface area contributed by atoms with Gasteiger partial charge < -0.3 is 25.2 Å². The van der Waals surface area contributed by atoms with Gasteiger partial charge in [0, 0.05) is 45.5 Å². The van der Waals surface area contributed by atoms with Crippen LogP contribution in [0, 0.1) is 5.82 Å². The number of carbonyl (C=O) groups excluding carboxylic acids is 1. The van der Waals surface area contributed by atoms with E-state index in [2.05, 4.69) is 20.6 Å². The maximum absolute atomic E-state index is 14.0. The predicted octanol–water partition coefficient (Wildman–Crippen LogP) is 3.37. The van der Waals surface area contributed by atoms with Crippen LogP contribution in [-0.2, 0) is 4.74 Å². The lowest BCUT2D eigenvalue weighted by Crippen LogP contribution is -2.53. The third-order valence-electron chi connectivity index (χ3n) is 5.55. The molecule has 1 amide bonds. The number of pyridine rings is 1. The third-order valence-corrected chi connectivity index (χ3v) is 5.55. The fourth-order valence-electron chi connectivity index (χ4n) is 4.06. The second-order valence-electron chi connectivity index (χ2n) is 9.16. The second kappa shape index (κ2) is 11.9. The van der Waals surface area contributed by atoms with Crippen molar-refractivity contribution in [1.29, 1.82) is 0 Å². The lowest BCUT2D eigenvalue weighted by molar-refractivity contribution is 0.0104. The first kappa shape index (κ1) is 26.4. The number of halogens is 2. The molecular weight excluding hydrogens is 526 g/mol. The first-order valence-corrected chi connectivity index (χ1v) is 11.1. The SMILES string of the molecule is CN=C(NCC1CCCCN1C(=O)OC(C)(C)C)NC1CCN(c2ncccc2F)C1.I. The van der Waals surface area contributed by atoms with Gasteiger partial charge in [-0.1, -0.05) is 0 Å². The van der Waals surface area contributed by atoms with E-state index < -0.39 is 5.60 Å². The smallest absolute Gasteiger partial charge is 0.410 e. The number of guanidine groups is 1. The number of piperidine rings is 1. The highest BCUT2D eigenvalue weighted by molar-refractivity contribution is 14.0. The van der Waals surface area contributed by atoms with Gasteiger partial charge in [-0.3, -0.25) is 4.99 Å². The van der Waals surface area contributed by atoms with Crippen molar-refractivity contribution in [2.24, 2.45) is 4.99 Å². The summed E-state index contributed by atoms with van der Waals surface area (Å²) in [6.45, 7) is 8.35. The molecule has 32 heavy (non-hydrogen) atoms. The number of hydrogen-bond acceptors (Lipinski definition) is 5. The molecule has 3 heterocycles. The van der Waals surface area contributed by atoms with Gasteiger partial charge in [0.25, 0.3) is 0 Å². The number of amides is 1. The van der Waals surface area contributed by atoms with Gasteiger partial charge in [-0.15, -0.1) is 24.0 Å². The van der Waals surface area contributed by atoms with Gasteiger partial charge in [0.05, 0.1) is 6.04 Å². The van der Waals surface area contributed by atoms with E-state index in [1.807, 2.05) is 30.6 Å². The van der Waals surface area contributed by atoms with Gasteiger partial charge in [0.15, 0.2) is 17.6 Å². The molecule has 180 valence electrons. The molecule has 2 atom stereocenters. The van der Waals surface area contributed by atoms with Crippen LogP contribution in [0.4, 0.5) is 15.0 Å². The Morgan fingerprint density at radius 1 is 1.31 bits per heavy atom. The van der Waals surface area contributed by atoms with Gasteiger partial charge >= 0.3 is 6.09 Å². The molecule has 0 aliphatic carbocycles. The molecule has 2 saturated heterocycles. The van der Waals surface area contributed by atoms with Crippen LogP contribution in [0.3, 0.4) is 0 Å². The van der Waals surface area contributed by atoms with Crippen molar-refractivity contribution in [2.45, 2.75) is 64.1 Å². The number of aliphatic imine (C=N–C) groups is 1. The van der Waals surface area contributed by atoms with Crippen molar-refractivity contribution >= 4 is 41.8 Å². The van der Waals surface area contributed by atoms with Crippen LogP contribution in [0.15, 0.2) is 23.3 Å². The van der Waals surface area contributed by atoms with Gasteiger partial charge in [0.2, 0.25) is 0 Å². The molecule has 2 aliphatic heterocycles. The van der Waals surface area contributed by atoms with Crippen LogP contribution < -0.4 is 15.5 Å². The third kappa shape index (κ3) is 7.35. The van der Waals surface area contributed by atoms with E-state index in [0.29, 0.717) is 31.4 Å². The molecule has 0 saturated carbocycles. The summed E-state index contributed by atoms with van der Waals surface area (Å²) >= 11 is 0. The van der Waals surface area contributed by atoms with E-state index in [9.17, 15) is 9.18 Å². The van der Waals surface area contributed by atoms with Crippen LogP contribution in [-0.4, -0.2) is 72.8 Å². The standard InChI is InChI=1S/C22H35FN6O2.HI/c1-22(2,3)31-21(30)29-12-6-5-8-17(29)14-26-20(24-4)27-16-10-13-28(15-16)19-18(23)9-7-11-25-19;/h7,9,11,16-17H,5-6,8,10,12-15H2,1-4H3,(H2,24,26,27);1H. The monoisotopic (exact) mass is 562 g/mol. The van der Waals surface area contributed by atoms with Crippen molar-refractivity contribution in [2.75, 3.05) is 38.1 Å². The Balaban J connectivity index is 0.00000363. The zero-order valence-corrected chi connectivity index (χ0v) is 21.8. The Bertz CT molecular complexity index is 788. The Labute approximate surface area is 207 Å². The summed E-state index contributed by atoms with van der Waals surface area (Å²) in [6.07, 6.45) is 5.23. The maximum Gasteiger partial charge on any atom is 0.410 e. The minimum atomic E-state index is -0.508. The first-order valence-electron chi connectivity index (χ1n) is 11.1. The van der Waals surface area contributed by atoms with Crippen LogP contribution >= 0.6 is 24.0 Å². The summed E-state index contributed by atoms with van der Waals surface area (Å²) in [5, 5.41) is 6.78. The minimum absolute atomic E-state index is 0. The molecule has 1 aromatic rings. The van der Waals surface area contributed by atoms with E-state index in [0.717, 1.165) is 32.2 Å². The lowest BCUT2D eigenvalue weighted by Gasteiger charge is -2.37. The molecule has 2 N–H and O–H groups in total. The Morgan fingerprint density at radius 2 is 2.09 bits per heavy atom. The number of aromatic nitrogens is 1. The molecule has 1 aromatic heterocycles. The van der Waals surface area contributed by atoms with Gasteiger partial charge in [-0.05, 0) is 58.6 Å². The number of rotatable bonds is 4.